The van der Waals surface area contributed by atoms with Crippen molar-refractivity contribution in [1.82, 2.24) is 30.7 Å². The van der Waals surface area contributed by atoms with Crippen molar-refractivity contribution < 1.29 is 19.2 Å². The number of rotatable bonds is 7. The SMILES string of the molecule is CC(CCNC(=O)c1ccc(N2CCNCC2)cc1)CC(=O)N1CCC2C1C(=O)CN2C(=O)N1CCNCC1. The van der Waals surface area contributed by atoms with Gasteiger partial charge >= 0.3 is 6.03 Å². The highest BCUT2D eigenvalue weighted by Gasteiger charge is 2.52. The minimum absolute atomic E-state index is 0.0442. The minimum atomic E-state index is -0.527. The fraction of sp³-hybridized carbons (Fsp3) is 0.643. The van der Waals surface area contributed by atoms with E-state index >= 15 is 0 Å². The zero-order valence-corrected chi connectivity index (χ0v) is 22.9. The Labute approximate surface area is 230 Å². The van der Waals surface area contributed by atoms with E-state index in [4.69, 9.17) is 0 Å². The minimum Gasteiger partial charge on any atom is -0.369 e. The molecular weight excluding hydrogens is 498 g/mol. The summed E-state index contributed by atoms with van der Waals surface area (Å²) in [6.45, 7) is 9.70. The monoisotopic (exact) mass is 539 g/mol. The van der Waals surface area contributed by atoms with Crippen molar-refractivity contribution in [2.45, 2.75) is 38.3 Å². The fourth-order valence-corrected chi connectivity index (χ4v) is 6.19. The van der Waals surface area contributed by atoms with Gasteiger partial charge in [-0.05, 0) is 43.0 Å². The van der Waals surface area contributed by atoms with E-state index in [0.29, 0.717) is 51.0 Å². The number of nitrogens with zero attached hydrogens (tertiary/aromatic N) is 4. The molecule has 4 aliphatic rings. The van der Waals surface area contributed by atoms with Crippen LogP contribution < -0.4 is 20.9 Å². The van der Waals surface area contributed by atoms with Crippen molar-refractivity contribution in [2.24, 2.45) is 5.92 Å². The van der Waals surface area contributed by atoms with Gasteiger partial charge in [0, 0.05) is 83.1 Å². The molecule has 4 heterocycles. The molecule has 1 aromatic carbocycles. The van der Waals surface area contributed by atoms with Crippen LogP contribution >= 0.6 is 0 Å². The molecule has 11 nitrogen and oxygen atoms in total. The Hall–Kier alpha value is -3.18. The van der Waals surface area contributed by atoms with E-state index < -0.39 is 6.04 Å². The second-order valence-corrected chi connectivity index (χ2v) is 11.1. The highest BCUT2D eigenvalue weighted by molar-refractivity contribution is 5.97. The number of likely N-dealkylation sites (tertiary alicyclic amines) is 2. The predicted molar refractivity (Wildman–Crippen MR) is 148 cm³/mol. The standard InChI is InChI=1S/C28H41N7O4/c1-20(6-8-31-27(38)21-2-4-22(5-3-21)32-14-9-29-10-15-32)18-25(37)34-13-7-23-26(34)24(36)19-35(23)28(39)33-16-11-30-12-17-33/h2-5,20,23,26,29-30H,6-19H2,1H3,(H,31,38). The van der Waals surface area contributed by atoms with Crippen LogP contribution in [-0.4, -0.2) is 122 Å². The molecule has 3 unspecified atom stereocenters. The van der Waals surface area contributed by atoms with Crippen LogP contribution in [0.1, 0.15) is 36.5 Å². The van der Waals surface area contributed by atoms with Crippen molar-refractivity contribution in [1.29, 1.82) is 0 Å². The van der Waals surface area contributed by atoms with Gasteiger partial charge in [0.05, 0.1) is 12.6 Å². The van der Waals surface area contributed by atoms with Gasteiger partial charge in [-0.15, -0.1) is 0 Å². The van der Waals surface area contributed by atoms with Crippen LogP contribution in [0.25, 0.3) is 0 Å². The van der Waals surface area contributed by atoms with Crippen molar-refractivity contribution in [3.63, 3.8) is 0 Å². The van der Waals surface area contributed by atoms with Crippen molar-refractivity contribution >= 4 is 29.3 Å². The van der Waals surface area contributed by atoms with Gasteiger partial charge in [0.15, 0.2) is 5.78 Å². The summed E-state index contributed by atoms with van der Waals surface area (Å²) in [5.41, 5.74) is 1.75. The van der Waals surface area contributed by atoms with Gasteiger partial charge in [-0.2, -0.15) is 0 Å². The van der Waals surface area contributed by atoms with Crippen molar-refractivity contribution in [3.05, 3.63) is 29.8 Å². The quantitative estimate of drug-likeness (QED) is 0.451. The smallest absolute Gasteiger partial charge is 0.320 e. The summed E-state index contributed by atoms with van der Waals surface area (Å²) in [6, 6.07) is 6.86. The number of carbonyl (C=O) groups is 4. The van der Waals surface area contributed by atoms with Crippen LogP contribution in [0, 0.1) is 5.92 Å². The van der Waals surface area contributed by atoms with E-state index in [0.717, 1.165) is 45.0 Å². The van der Waals surface area contributed by atoms with E-state index in [9.17, 15) is 19.2 Å². The molecule has 4 aliphatic heterocycles. The molecule has 0 aliphatic carbocycles. The first-order chi connectivity index (χ1) is 18.9. The molecule has 39 heavy (non-hydrogen) atoms. The second-order valence-electron chi connectivity index (χ2n) is 11.1. The van der Waals surface area contributed by atoms with Gasteiger partial charge < -0.3 is 35.6 Å². The summed E-state index contributed by atoms with van der Waals surface area (Å²) < 4.78 is 0. The molecule has 212 valence electrons. The van der Waals surface area contributed by atoms with E-state index in [1.807, 2.05) is 31.2 Å². The average molecular weight is 540 g/mol. The number of anilines is 1. The molecular formula is C28H41N7O4. The number of nitrogens with one attached hydrogen (secondary N) is 3. The van der Waals surface area contributed by atoms with Gasteiger partial charge in [0.25, 0.3) is 5.91 Å². The van der Waals surface area contributed by atoms with Crippen LogP contribution in [-0.2, 0) is 9.59 Å². The van der Waals surface area contributed by atoms with E-state index in [-0.39, 0.29) is 42.1 Å². The lowest BCUT2D eigenvalue weighted by Crippen LogP contribution is -2.53. The van der Waals surface area contributed by atoms with E-state index in [2.05, 4.69) is 20.9 Å². The molecule has 0 radical (unpaired) electrons. The number of Topliss-reactive ketones (excluding diaryl/α,β-unsaturated/α-hetero) is 1. The highest BCUT2D eigenvalue weighted by atomic mass is 16.2. The second kappa shape index (κ2) is 12.3. The number of hydrogen-bond donors (Lipinski definition) is 3. The molecule has 4 saturated heterocycles. The van der Waals surface area contributed by atoms with Gasteiger partial charge in [0.1, 0.15) is 6.04 Å². The fourth-order valence-electron chi connectivity index (χ4n) is 6.19. The Morgan fingerprint density at radius 1 is 0.949 bits per heavy atom. The summed E-state index contributed by atoms with van der Waals surface area (Å²) in [5.74, 6) is -0.150. The molecule has 11 heteroatoms. The molecule has 3 N–H and O–H groups in total. The maximum absolute atomic E-state index is 13.2. The summed E-state index contributed by atoms with van der Waals surface area (Å²) >= 11 is 0. The number of urea groups is 1. The Balaban J connectivity index is 1.06. The zero-order valence-electron chi connectivity index (χ0n) is 22.9. The number of amides is 4. The highest BCUT2D eigenvalue weighted by Crippen LogP contribution is 2.31. The molecule has 0 bridgehead atoms. The Kier molecular flexibility index (Phi) is 8.66. The van der Waals surface area contributed by atoms with Crippen LogP contribution in [0.2, 0.25) is 0 Å². The Morgan fingerprint density at radius 3 is 2.31 bits per heavy atom. The molecule has 0 aromatic heterocycles. The van der Waals surface area contributed by atoms with E-state index in [1.54, 1.807) is 14.7 Å². The summed E-state index contributed by atoms with van der Waals surface area (Å²) in [4.78, 5) is 59.2. The van der Waals surface area contributed by atoms with Gasteiger partial charge in [-0.25, -0.2) is 4.79 Å². The first kappa shape index (κ1) is 27.4. The van der Waals surface area contributed by atoms with Gasteiger partial charge in [0.2, 0.25) is 5.91 Å². The topological polar surface area (TPSA) is 117 Å². The van der Waals surface area contributed by atoms with Crippen molar-refractivity contribution in [2.75, 3.05) is 76.9 Å². The van der Waals surface area contributed by atoms with E-state index in [1.165, 1.54) is 0 Å². The maximum Gasteiger partial charge on any atom is 0.320 e. The van der Waals surface area contributed by atoms with Gasteiger partial charge in [-0.1, -0.05) is 6.92 Å². The number of piperazine rings is 2. The van der Waals surface area contributed by atoms with Crippen LogP contribution in [0.4, 0.5) is 10.5 Å². The predicted octanol–water partition coefficient (Wildman–Crippen LogP) is 0.122. The number of carbonyl (C=O) groups excluding carboxylic acids is 4. The average Bonchev–Trinajstić information content (AvgIpc) is 3.55. The van der Waals surface area contributed by atoms with Crippen LogP contribution in [0.15, 0.2) is 24.3 Å². The third-order valence-corrected chi connectivity index (χ3v) is 8.43. The normalized spacial score (nSPS) is 24.1. The number of benzene rings is 1. The lowest BCUT2D eigenvalue weighted by Gasteiger charge is -2.33. The third-order valence-electron chi connectivity index (χ3n) is 8.43. The molecule has 0 saturated carbocycles. The Morgan fingerprint density at radius 2 is 1.62 bits per heavy atom. The largest absolute Gasteiger partial charge is 0.369 e. The molecule has 4 amide bonds. The molecule has 3 atom stereocenters. The third kappa shape index (κ3) is 6.19. The molecule has 0 spiro atoms. The Bertz CT molecular complexity index is 1050. The first-order valence-electron chi connectivity index (χ1n) is 14.3. The lowest BCUT2D eigenvalue weighted by atomic mass is 10.0. The van der Waals surface area contributed by atoms with Gasteiger partial charge in [-0.3, -0.25) is 14.4 Å². The maximum atomic E-state index is 13.2. The first-order valence-corrected chi connectivity index (χ1v) is 14.3. The molecule has 1 aromatic rings. The van der Waals surface area contributed by atoms with Crippen LogP contribution in [0.3, 0.4) is 0 Å². The molecule has 5 rings (SSSR count). The van der Waals surface area contributed by atoms with Crippen molar-refractivity contribution in [3.8, 4) is 0 Å². The summed E-state index contributed by atoms with van der Waals surface area (Å²) in [7, 11) is 0. The molecule has 4 fully saturated rings. The summed E-state index contributed by atoms with van der Waals surface area (Å²) in [5, 5.41) is 9.55. The zero-order chi connectivity index (χ0) is 27.4. The summed E-state index contributed by atoms with van der Waals surface area (Å²) in [6.07, 6.45) is 1.62. The number of fused-ring (bicyclic) bond motifs is 1. The van der Waals surface area contributed by atoms with Crippen LogP contribution in [0.5, 0.6) is 0 Å². The lowest BCUT2D eigenvalue weighted by molar-refractivity contribution is -0.137. The number of hydrogen-bond acceptors (Lipinski definition) is 7. The number of ketones is 1.